The maximum Gasteiger partial charge on any atom is 0.407 e. The van der Waals surface area contributed by atoms with Gasteiger partial charge in [0, 0.05) is 18.7 Å². The second-order valence-electron chi connectivity index (χ2n) is 31.3. The first-order valence-electron chi connectivity index (χ1n) is 40.5. The molecule has 0 spiro atoms. The molecule has 0 aromatic heterocycles. The Kier molecular flexibility index (Phi) is 42.2. The topological polar surface area (TPSA) is 224 Å². The third kappa shape index (κ3) is 31.5. The van der Waals surface area contributed by atoms with Crippen molar-refractivity contribution < 1.29 is 93.9 Å². The maximum absolute atomic E-state index is 14.0. The van der Waals surface area contributed by atoms with E-state index in [0.29, 0.717) is 119 Å². The Morgan fingerprint density at radius 1 is 0.270 bits per heavy atom. The summed E-state index contributed by atoms with van der Waals surface area (Å²) in [4.78, 5) is 26.0. The number of rotatable bonds is 58. The van der Waals surface area contributed by atoms with E-state index in [1.54, 1.807) is 32.9 Å². The number of carbonyl (C=O) groups is 2. The van der Waals surface area contributed by atoms with Crippen LogP contribution in [0.4, 0.5) is 4.79 Å². The highest BCUT2D eigenvalue weighted by atomic mass is 28.4. The third-order valence-electron chi connectivity index (χ3n) is 18.7. The zero-order valence-electron chi connectivity index (χ0n) is 70.4. The summed E-state index contributed by atoms with van der Waals surface area (Å²) in [6.45, 7) is 34.9. The first-order chi connectivity index (χ1) is 55.5. The summed E-state index contributed by atoms with van der Waals surface area (Å²) in [5.41, 5.74) is -0.352. The summed E-state index contributed by atoms with van der Waals surface area (Å²) in [5.74, 6) is 0.358. The largest absolute Gasteiger partial charge is 0.487 e. The second-order valence-corrected chi connectivity index (χ2v) is 44.2. The van der Waals surface area contributed by atoms with Crippen molar-refractivity contribution in [3.05, 3.63) is 200 Å². The number of alkyl carbamates (subject to hydrolysis) is 1. The molecular weight excluding hydrogens is 1510 g/mol. The van der Waals surface area contributed by atoms with Crippen LogP contribution >= 0.6 is 0 Å². The fourth-order valence-corrected chi connectivity index (χ4v) is 27.2. The monoisotopic (exact) mass is 1640 g/mol. The SMILES string of the molecule is CC(C)(C)OC(=O)NCCOCCOCCNC(=O)c1cc(OCCOCCOCCOCCO[Si](c2ccccc2)(c2ccccc2)C(C)(C)C)c(OCCOCCOCCOCCO[Si](c2ccccc2)(c2ccccc2)C(C)(C)C)c(OCCOCCOCCOCCO[Si](c2ccccc2)(c2ccccc2)C(C)(C)C)c1. The van der Waals surface area contributed by atoms with Crippen LogP contribution in [0.25, 0.3) is 0 Å². The van der Waals surface area contributed by atoms with Crippen LogP contribution in [0.15, 0.2) is 194 Å². The summed E-state index contributed by atoms with van der Waals surface area (Å²) >= 11 is 0. The molecule has 632 valence electrons. The fourth-order valence-electron chi connectivity index (χ4n) is 13.6. The van der Waals surface area contributed by atoms with E-state index in [2.05, 4.69) is 219 Å². The minimum absolute atomic E-state index is 0.0948. The van der Waals surface area contributed by atoms with E-state index >= 15 is 0 Å². The lowest BCUT2D eigenvalue weighted by Crippen LogP contribution is -2.66. The third-order valence-corrected chi connectivity index (χ3v) is 33.8. The highest BCUT2D eigenvalue weighted by Crippen LogP contribution is 2.41. The van der Waals surface area contributed by atoms with Crippen molar-refractivity contribution in [3.8, 4) is 17.2 Å². The minimum atomic E-state index is -2.68. The molecule has 7 aromatic rings. The number of carbonyl (C=O) groups excluding carboxylic acids is 2. The van der Waals surface area contributed by atoms with Gasteiger partial charge in [-0.1, -0.05) is 244 Å². The van der Waals surface area contributed by atoms with Gasteiger partial charge in [0.25, 0.3) is 30.9 Å². The Balaban J connectivity index is 0.908. The van der Waals surface area contributed by atoms with Gasteiger partial charge in [-0.05, 0) is 79.1 Å². The maximum atomic E-state index is 14.0. The van der Waals surface area contributed by atoms with Crippen LogP contribution in [0.3, 0.4) is 0 Å². The van der Waals surface area contributed by atoms with E-state index in [-0.39, 0.29) is 117 Å². The summed E-state index contributed by atoms with van der Waals surface area (Å²) in [6.07, 6.45) is -0.514. The Hall–Kier alpha value is -7.23. The molecule has 115 heavy (non-hydrogen) atoms. The van der Waals surface area contributed by atoms with Crippen LogP contribution in [-0.4, -0.2) is 241 Å². The molecule has 0 bridgehead atoms. The van der Waals surface area contributed by atoms with E-state index in [9.17, 15) is 9.59 Å². The van der Waals surface area contributed by atoms with Crippen molar-refractivity contribution in [2.75, 3.05) is 198 Å². The van der Waals surface area contributed by atoms with Crippen molar-refractivity contribution in [2.24, 2.45) is 0 Å². The number of benzene rings is 7. The normalized spacial score (nSPS) is 12.4. The molecule has 0 fully saturated rings. The van der Waals surface area contributed by atoms with Crippen molar-refractivity contribution in [1.82, 2.24) is 10.6 Å². The number of hydrogen-bond donors (Lipinski definition) is 2. The molecular formula is C90H130N2O20Si3. The Labute approximate surface area is 687 Å². The summed E-state index contributed by atoms with van der Waals surface area (Å²) in [5, 5.41) is 12.5. The molecule has 2 amide bonds. The molecule has 0 aliphatic heterocycles. The number of amides is 2. The zero-order chi connectivity index (χ0) is 82.4. The summed E-state index contributed by atoms with van der Waals surface area (Å²) in [6, 6.07) is 66.6. The van der Waals surface area contributed by atoms with Gasteiger partial charge in [-0.15, -0.1) is 0 Å². The lowest BCUT2D eigenvalue weighted by Gasteiger charge is -2.43. The van der Waals surface area contributed by atoms with Crippen LogP contribution in [0.1, 0.15) is 93.4 Å². The van der Waals surface area contributed by atoms with Crippen LogP contribution in [0.2, 0.25) is 15.1 Å². The second kappa shape index (κ2) is 51.2. The molecule has 7 rings (SSSR count). The fraction of sp³-hybridized carbons (Fsp3) is 0.511. The van der Waals surface area contributed by atoms with Crippen LogP contribution in [0.5, 0.6) is 17.2 Å². The molecule has 0 saturated heterocycles. The van der Waals surface area contributed by atoms with Gasteiger partial charge in [-0.2, -0.15) is 0 Å². The standard InChI is InChI=1S/C90H130N2O20Si3/c1-87(2,3)112-86(94)92-44-46-96-48-47-95-45-43-91-85(93)75-73-82(106-67-61-100-55-49-97-52-58-103-64-70-109-113(88(4,5)6,76-31-19-13-20-32-76)77-33-21-14-22-34-77)84(108-69-63-102-57-51-99-54-60-105-66-72-111-115(90(10,11)12,80-39-27-17-28-40-80)81-41-29-18-30-42-81)83(74-75)107-68-62-101-56-50-98-53-59-104-65-71-110-114(89(7,8)9,78-35-23-15-24-36-78)79-37-25-16-26-38-79/h13-42,73-74H,43-72H2,1-12H3,(H,91,93)(H,92,94). The molecule has 0 aliphatic carbocycles. The van der Waals surface area contributed by atoms with E-state index in [1.165, 1.54) is 31.1 Å². The minimum Gasteiger partial charge on any atom is -0.487 e. The van der Waals surface area contributed by atoms with Crippen molar-refractivity contribution in [1.29, 1.82) is 0 Å². The predicted molar refractivity (Wildman–Crippen MR) is 459 cm³/mol. The average molecular weight is 1640 g/mol. The molecule has 0 radical (unpaired) electrons. The van der Waals surface area contributed by atoms with Gasteiger partial charge < -0.3 is 95.0 Å². The number of nitrogens with one attached hydrogen (secondary N) is 2. The first kappa shape index (κ1) is 94.9. The molecule has 25 heteroatoms. The number of hydrogen-bond acceptors (Lipinski definition) is 20. The van der Waals surface area contributed by atoms with Gasteiger partial charge in [0.05, 0.1) is 165 Å². The van der Waals surface area contributed by atoms with Crippen molar-refractivity contribution >= 4 is 68.1 Å². The average Bonchev–Trinajstić information content (AvgIpc) is 0.760. The van der Waals surface area contributed by atoms with Crippen molar-refractivity contribution in [2.45, 2.75) is 104 Å². The van der Waals surface area contributed by atoms with Gasteiger partial charge >= 0.3 is 6.09 Å². The smallest absolute Gasteiger partial charge is 0.407 e. The van der Waals surface area contributed by atoms with Crippen molar-refractivity contribution in [3.63, 3.8) is 0 Å². The molecule has 0 aliphatic rings. The van der Waals surface area contributed by atoms with Gasteiger partial charge in [-0.25, -0.2) is 4.79 Å². The van der Waals surface area contributed by atoms with Crippen LogP contribution in [0, 0.1) is 0 Å². The lowest BCUT2D eigenvalue weighted by atomic mass is 10.1. The molecule has 0 unspecified atom stereocenters. The zero-order valence-corrected chi connectivity index (χ0v) is 73.4. The highest BCUT2D eigenvalue weighted by molar-refractivity contribution is 7.00. The van der Waals surface area contributed by atoms with Crippen LogP contribution in [-0.2, 0) is 70.1 Å². The molecule has 22 nitrogen and oxygen atoms in total. The first-order valence-corrected chi connectivity index (χ1v) is 46.2. The highest BCUT2D eigenvalue weighted by Gasteiger charge is 2.52. The van der Waals surface area contributed by atoms with Gasteiger partial charge in [0.2, 0.25) is 5.75 Å². The van der Waals surface area contributed by atoms with Gasteiger partial charge in [-0.3, -0.25) is 4.79 Å². The van der Waals surface area contributed by atoms with Crippen LogP contribution < -0.4 is 56.0 Å². The van der Waals surface area contributed by atoms with Gasteiger partial charge in [0.1, 0.15) is 25.4 Å². The lowest BCUT2D eigenvalue weighted by molar-refractivity contribution is 0.00238. The molecule has 2 N–H and O–H groups in total. The Morgan fingerprint density at radius 2 is 0.487 bits per heavy atom. The quantitative estimate of drug-likeness (QED) is 0.0267. The van der Waals surface area contributed by atoms with E-state index in [1.807, 2.05) is 36.4 Å². The van der Waals surface area contributed by atoms with E-state index < -0.39 is 42.6 Å². The molecule has 7 aromatic carbocycles. The van der Waals surface area contributed by atoms with E-state index in [4.69, 9.17) is 84.3 Å². The van der Waals surface area contributed by atoms with E-state index in [0.717, 1.165) is 0 Å². The Morgan fingerprint density at radius 3 is 0.730 bits per heavy atom. The molecule has 0 heterocycles. The Bertz CT molecular complexity index is 3470. The van der Waals surface area contributed by atoms with Gasteiger partial charge in [0.15, 0.2) is 11.5 Å². The summed E-state index contributed by atoms with van der Waals surface area (Å²) in [7, 11) is -8.05. The molecule has 0 saturated carbocycles. The summed E-state index contributed by atoms with van der Waals surface area (Å²) < 4.78 is 111. The number of ether oxygens (including phenoxy) is 15. The predicted octanol–water partition coefficient (Wildman–Crippen LogP) is 11.0. The molecule has 0 atom stereocenters.